The van der Waals surface area contributed by atoms with Gasteiger partial charge in [0.25, 0.3) is 0 Å². The fourth-order valence-electron chi connectivity index (χ4n) is 2.33. The quantitative estimate of drug-likeness (QED) is 0.865. The maximum absolute atomic E-state index is 13.7. The normalized spacial score (nSPS) is 17.1. The maximum atomic E-state index is 13.7. The number of halogens is 1. The molecule has 0 unspecified atom stereocenters. The molecule has 1 saturated heterocycles. The second-order valence-electron chi connectivity index (χ2n) is 5.27. The molecule has 0 atom stereocenters. The van der Waals surface area contributed by atoms with Gasteiger partial charge in [-0.25, -0.2) is 17.5 Å². The highest BCUT2D eigenvalue weighted by atomic mass is 32.2. The van der Waals surface area contributed by atoms with E-state index in [0.29, 0.717) is 12.5 Å². The van der Waals surface area contributed by atoms with Crippen LogP contribution in [0, 0.1) is 18.7 Å². The third-order valence-corrected chi connectivity index (χ3v) is 6.33. The van der Waals surface area contributed by atoms with Gasteiger partial charge in [0.05, 0.1) is 11.5 Å². The van der Waals surface area contributed by atoms with Gasteiger partial charge in [0.2, 0.25) is 10.0 Å². The Balaban J connectivity index is 2.16. The van der Waals surface area contributed by atoms with Gasteiger partial charge in [-0.2, -0.15) is 11.8 Å². The minimum Gasteiger partial charge on any atom is -0.392 e. The van der Waals surface area contributed by atoms with Crippen LogP contribution < -0.4 is 4.72 Å². The van der Waals surface area contributed by atoms with Gasteiger partial charge in [0.15, 0.2) is 0 Å². The van der Waals surface area contributed by atoms with Crippen LogP contribution in [-0.2, 0) is 16.6 Å². The van der Waals surface area contributed by atoms with E-state index in [9.17, 15) is 12.8 Å². The van der Waals surface area contributed by atoms with Crippen molar-refractivity contribution >= 4 is 21.8 Å². The Morgan fingerprint density at radius 3 is 2.67 bits per heavy atom. The molecule has 7 heteroatoms. The maximum Gasteiger partial charge on any atom is 0.240 e. The van der Waals surface area contributed by atoms with E-state index in [0.717, 1.165) is 30.4 Å². The molecule has 0 aliphatic carbocycles. The summed E-state index contributed by atoms with van der Waals surface area (Å²) in [5.41, 5.74) is 0.339. The van der Waals surface area contributed by atoms with Gasteiger partial charge in [-0.3, -0.25) is 0 Å². The first kappa shape index (κ1) is 16.7. The molecule has 1 aromatic carbocycles. The number of hydrogen-bond acceptors (Lipinski definition) is 4. The van der Waals surface area contributed by atoms with Crippen LogP contribution in [0.3, 0.4) is 0 Å². The van der Waals surface area contributed by atoms with Crippen molar-refractivity contribution in [3.8, 4) is 0 Å². The fraction of sp³-hybridized carbons (Fsp3) is 0.571. The highest BCUT2D eigenvalue weighted by Crippen LogP contribution is 2.24. The van der Waals surface area contributed by atoms with Gasteiger partial charge in [-0.05, 0) is 54.9 Å². The summed E-state index contributed by atoms with van der Waals surface area (Å²) < 4.78 is 41.0. The van der Waals surface area contributed by atoms with Gasteiger partial charge < -0.3 is 5.11 Å². The number of rotatable bonds is 5. The summed E-state index contributed by atoms with van der Waals surface area (Å²) in [7, 11) is -3.75. The molecule has 1 aliphatic heterocycles. The summed E-state index contributed by atoms with van der Waals surface area (Å²) >= 11 is 1.88. The van der Waals surface area contributed by atoms with Gasteiger partial charge in [0.1, 0.15) is 5.82 Å². The second-order valence-corrected chi connectivity index (χ2v) is 8.23. The third kappa shape index (κ3) is 4.18. The number of benzene rings is 1. The van der Waals surface area contributed by atoms with Gasteiger partial charge in [0, 0.05) is 12.1 Å². The highest BCUT2D eigenvalue weighted by Gasteiger charge is 2.22. The van der Waals surface area contributed by atoms with Crippen molar-refractivity contribution in [3.63, 3.8) is 0 Å². The lowest BCUT2D eigenvalue weighted by molar-refractivity contribution is 0.281. The molecule has 0 radical (unpaired) electrons. The molecular formula is C14H20FNO3S2. The lowest BCUT2D eigenvalue weighted by atomic mass is 10.0. The van der Waals surface area contributed by atoms with E-state index in [1.807, 2.05) is 11.8 Å². The first-order chi connectivity index (χ1) is 9.94. The number of aliphatic hydroxyl groups excluding tert-OH is 1. The van der Waals surface area contributed by atoms with Gasteiger partial charge in [-0.1, -0.05) is 0 Å². The zero-order chi connectivity index (χ0) is 15.5. The predicted molar refractivity (Wildman–Crippen MR) is 82.3 cm³/mol. The van der Waals surface area contributed by atoms with E-state index in [-0.39, 0.29) is 22.6 Å². The molecule has 0 aromatic heterocycles. The molecule has 0 spiro atoms. The number of thioether (sulfide) groups is 1. The molecule has 1 fully saturated rings. The average molecular weight is 333 g/mol. The number of hydrogen-bond donors (Lipinski definition) is 2. The number of nitrogens with one attached hydrogen (secondary N) is 1. The number of aliphatic hydroxyl groups is 1. The third-order valence-electron chi connectivity index (χ3n) is 3.73. The molecule has 4 nitrogen and oxygen atoms in total. The van der Waals surface area contributed by atoms with Crippen molar-refractivity contribution < 1.29 is 17.9 Å². The zero-order valence-electron chi connectivity index (χ0n) is 11.9. The molecule has 1 heterocycles. The van der Waals surface area contributed by atoms with Crippen molar-refractivity contribution in [2.24, 2.45) is 5.92 Å². The first-order valence-corrected chi connectivity index (χ1v) is 9.55. The minimum atomic E-state index is -3.75. The predicted octanol–water partition coefficient (Wildman–Crippen LogP) is 2.05. The summed E-state index contributed by atoms with van der Waals surface area (Å²) in [4.78, 5) is -0.0864. The summed E-state index contributed by atoms with van der Waals surface area (Å²) in [6.45, 7) is 1.43. The molecule has 0 bridgehead atoms. The van der Waals surface area contributed by atoms with Crippen LogP contribution in [0.2, 0.25) is 0 Å². The smallest absolute Gasteiger partial charge is 0.240 e. The zero-order valence-corrected chi connectivity index (χ0v) is 13.6. The lowest BCUT2D eigenvalue weighted by Gasteiger charge is -2.21. The van der Waals surface area contributed by atoms with E-state index in [1.165, 1.54) is 13.0 Å². The van der Waals surface area contributed by atoms with E-state index in [2.05, 4.69) is 4.72 Å². The van der Waals surface area contributed by atoms with Crippen LogP contribution in [0.25, 0.3) is 0 Å². The summed E-state index contributed by atoms with van der Waals surface area (Å²) in [6.07, 6.45) is 1.99. The van der Waals surface area contributed by atoms with E-state index >= 15 is 0 Å². The molecule has 2 rings (SSSR count). The van der Waals surface area contributed by atoms with Gasteiger partial charge in [-0.15, -0.1) is 0 Å². The van der Waals surface area contributed by atoms with Crippen molar-refractivity contribution in [1.82, 2.24) is 4.72 Å². The Bertz CT molecular complexity index is 598. The Kier molecular flexibility index (Phi) is 5.65. The summed E-state index contributed by atoms with van der Waals surface area (Å²) in [5.74, 6) is 1.84. The van der Waals surface area contributed by atoms with Crippen molar-refractivity contribution in [1.29, 1.82) is 0 Å². The Labute approximate surface area is 129 Å². The van der Waals surface area contributed by atoms with Crippen LogP contribution in [-0.4, -0.2) is 31.6 Å². The number of sulfonamides is 1. The molecular weight excluding hydrogens is 313 g/mol. The van der Waals surface area contributed by atoms with Crippen LogP contribution in [0.4, 0.5) is 4.39 Å². The summed E-state index contributed by atoms with van der Waals surface area (Å²) in [5, 5.41) is 9.09. The summed E-state index contributed by atoms with van der Waals surface area (Å²) in [6, 6.07) is 2.49. The lowest BCUT2D eigenvalue weighted by Crippen LogP contribution is -2.31. The largest absolute Gasteiger partial charge is 0.392 e. The van der Waals surface area contributed by atoms with Crippen LogP contribution >= 0.6 is 11.8 Å². The Morgan fingerprint density at radius 1 is 1.38 bits per heavy atom. The van der Waals surface area contributed by atoms with Crippen LogP contribution in [0.5, 0.6) is 0 Å². The monoisotopic (exact) mass is 333 g/mol. The molecule has 1 aromatic rings. The molecule has 1 aliphatic rings. The van der Waals surface area contributed by atoms with E-state index in [4.69, 9.17) is 5.11 Å². The fourth-order valence-corrected chi connectivity index (χ4v) is 4.96. The van der Waals surface area contributed by atoms with Crippen molar-refractivity contribution in [3.05, 3.63) is 29.1 Å². The second kappa shape index (κ2) is 7.09. The minimum absolute atomic E-state index is 0.0823. The Hall–Kier alpha value is -0.630. The molecule has 2 N–H and O–H groups in total. The van der Waals surface area contributed by atoms with E-state index in [1.54, 1.807) is 0 Å². The first-order valence-electron chi connectivity index (χ1n) is 6.91. The van der Waals surface area contributed by atoms with Crippen LogP contribution in [0.15, 0.2) is 17.0 Å². The molecule has 118 valence electrons. The average Bonchev–Trinajstić information content (AvgIpc) is 2.48. The van der Waals surface area contributed by atoms with E-state index < -0.39 is 15.8 Å². The Morgan fingerprint density at radius 2 is 2.05 bits per heavy atom. The van der Waals surface area contributed by atoms with Gasteiger partial charge >= 0.3 is 0 Å². The topological polar surface area (TPSA) is 66.4 Å². The molecule has 0 amide bonds. The standard InChI is InChI=1S/C14H20FNO3S2/c1-10-13(15)6-12(9-17)7-14(10)21(18,19)16-8-11-2-4-20-5-3-11/h6-7,11,16-17H,2-5,8-9H2,1H3. The SMILES string of the molecule is Cc1c(F)cc(CO)cc1S(=O)(=O)NCC1CCSCC1. The van der Waals surface area contributed by atoms with Crippen LogP contribution in [0.1, 0.15) is 24.0 Å². The van der Waals surface area contributed by atoms with Crippen molar-refractivity contribution in [2.75, 3.05) is 18.1 Å². The van der Waals surface area contributed by atoms with Crippen molar-refractivity contribution in [2.45, 2.75) is 31.3 Å². The molecule has 21 heavy (non-hydrogen) atoms. The highest BCUT2D eigenvalue weighted by molar-refractivity contribution is 7.99. The molecule has 0 saturated carbocycles.